The molecule has 0 radical (unpaired) electrons. The van der Waals surface area contributed by atoms with E-state index in [2.05, 4.69) is 21.2 Å². The number of aromatic carboxylic acids is 1. The van der Waals surface area contributed by atoms with Gasteiger partial charge in [-0.1, -0.05) is 28.1 Å². The van der Waals surface area contributed by atoms with Gasteiger partial charge in [0.2, 0.25) is 0 Å². The molecule has 0 unspecified atom stereocenters. The number of rotatable bonds is 3. The first-order valence-corrected chi connectivity index (χ1v) is 6.26. The molecule has 4 nitrogen and oxygen atoms in total. The van der Waals surface area contributed by atoms with Crippen molar-refractivity contribution in [3.63, 3.8) is 0 Å². The van der Waals surface area contributed by atoms with Gasteiger partial charge in [-0.15, -0.1) is 0 Å². The number of hydrogen-bond acceptors (Lipinski definition) is 2. The molecule has 0 heterocycles. The zero-order valence-corrected chi connectivity index (χ0v) is 11.3. The van der Waals surface area contributed by atoms with Crippen LogP contribution in [0.4, 0.5) is 5.69 Å². The molecule has 0 bridgehead atoms. The van der Waals surface area contributed by atoms with Gasteiger partial charge < -0.3 is 10.4 Å². The van der Waals surface area contributed by atoms with Crippen LogP contribution in [0.1, 0.15) is 20.7 Å². The molecule has 0 saturated heterocycles. The van der Waals surface area contributed by atoms with Gasteiger partial charge in [0.05, 0.1) is 5.56 Å². The number of amides is 1. The number of benzene rings is 2. The van der Waals surface area contributed by atoms with Crippen LogP contribution in [0.2, 0.25) is 0 Å². The Morgan fingerprint density at radius 3 is 2.37 bits per heavy atom. The fourth-order valence-corrected chi connectivity index (χ4v) is 1.96. The molecule has 5 heteroatoms. The summed E-state index contributed by atoms with van der Waals surface area (Å²) in [6.45, 7) is 0. The number of carbonyl (C=O) groups is 2. The summed E-state index contributed by atoms with van der Waals surface area (Å²) >= 11 is 3.29. The molecule has 2 rings (SSSR count). The molecule has 0 atom stereocenters. The van der Waals surface area contributed by atoms with Crippen LogP contribution in [0.25, 0.3) is 0 Å². The number of anilines is 1. The molecule has 2 aromatic rings. The third-order valence-electron chi connectivity index (χ3n) is 2.45. The van der Waals surface area contributed by atoms with Crippen molar-refractivity contribution in [3.05, 3.63) is 64.1 Å². The summed E-state index contributed by atoms with van der Waals surface area (Å²) in [5.41, 5.74) is 1.08. The lowest BCUT2D eigenvalue weighted by Gasteiger charge is -2.06. The van der Waals surface area contributed by atoms with E-state index in [1.165, 1.54) is 12.1 Å². The van der Waals surface area contributed by atoms with E-state index in [-0.39, 0.29) is 11.5 Å². The van der Waals surface area contributed by atoms with E-state index in [1.54, 1.807) is 30.3 Å². The third-order valence-corrected chi connectivity index (χ3v) is 2.95. The van der Waals surface area contributed by atoms with Crippen LogP contribution in [0.15, 0.2) is 53.0 Å². The average molecular weight is 320 g/mol. The van der Waals surface area contributed by atoms with Crippen molar-refractivity contribution >= 4 is 33.5 Å². The molecule has 0 aliphatic carbocycles. The number of carbonyl (C=O) groups excluding carboxylic acids is 1. The van der Waals surface area contributed by atoms with Crippen molar-refractivity contribution < 1.29 is 14.7 Å². The van der Waals surface area contributed by atoms with Gasteiger partial charge in [-0.05, 0) is 36.4 Å². The summed E-state index contributed by atoms with van der Waals surface area (Å²) in [6, 6.07) is 13.1. The minimum Gasteiger partial charge on any atom is -0.478 e. The van der Waals surface area contributed by atoms with Gasteiger partial charge in [0.25, 0.3) is 5.91 Å². The summed E-state index contributed by atoms with van der Waals surface area (Å²) in [6.07, 6.45) is 0. The SMILES string of the molecule is O=C(O)c1cccc(NC(=O)c2cccc(Br)c2)c1. The van der Waals surface area contributed by atoms with Crippen molar-refractivity contribution in [2.45, 2.75) is 0 Å². The van der Waals surface area contributed by atoms with Crippen LogP contribution in [0, 0.1) is 0 Å². The Morgan fingerprint density at radius 1 is 1.00 bits per heavy atom. The van der Waals surface area contributed by atoms with Crippen LogP contribution in [0.5, 0.6) is 0 Å². The molecule has 2 N–H and O–H groups in total. The van der Waals surface area contributed by atoms with E-state index in [0.29, 0.717) is 11.3 Å². The maximum Gasteiger partial charge on any atom is 0.335 e. The molecule has 0 spiro atoms. The number of carboxylic acids is 1. The van der Waals surface area contributed by atoms with Gasteiger partial charge in [0.15, 0.2) is 0 Å². The normalized spacial score (nSPS) is 9.95. The molecular weight excluding hydrogens is 310 g/mol. The van der Waals surface area contributed by atoms with Crippen LogP contribution >= 0.6 is 15.9 Å². The quantitative estimate of drug-likeness (QED) is 0.911. The van der Waals surface area contributed by atoms with Crippen LogP contribution < -0.4 is 5.32 Å². The molecule has 0 saturated carbocycles. The van der Waals surface area contributed by atoms with Crippen molar-refractivity contribution in [1.29, 1.82) is 0 Å². The lowest BCUT2D eigenvalue weighted by molar-refractivity contribution is 0.0696. The fourth-order valence-electron chi connectivity index (χ4n) is 1.56. The Hall–Kier alpha value is -2.14. The lowest BCUT2D eigenvalue weighted by Crippen LogP contribution is -2.12. The van der Waals surface area contributed by atoms with Crippen molar-refractivity contribution in [3.8, 4) is 0 Å². The predicted molar refractivity (Wildman–Crippen MR) is 75.5 cm³/mol. The molecule has 2 aromatic carbocycles. The standard InChI is InChI=1S/C14H10BrNO3/c15-11-5-1-3-9(7-11)13(17)16-12-6-2-4-10(8-12)14(18)19/h1-8H,(H,16,17)(H,18,19). The molecular formula is C14H10BrNO3. The van der Waals surface area contributed by atoms with Gasteiger partial charge in [0, 0.05) is 15.7 Å². The third kappa shape index (κ3) is 3.42. The Bertz CT molecular complexity index is 640. The summed E-state index contributed by atoms with van der Waals surface area (Å²) in [7, 11) is 0. The second kappa shape index (κ2) is 5.67. The summed E-state index contributed by atoms with van der Waals surface area (Å²) in [5, 5.41) is 11.5. The van der Waals surface area contributed by atoms with Gasteiger partial charge in [-0.3, -0.25) is 4.79 Å². The average Bonchev–Trinajstić information content (AvgIpc) is 2.39. The first-order chi connectivity index (χ1) is 9.06. The number of hydrogen-bond donors (Lipinski definition) is 2. The lowest BCUT2D eigenvalue weighted by atomic mass is 10.2. The molecule has 19 heavy (non-hydrogen) atoms. The zero-order valence-electron chi connectivity index (χ0n) is 9.76. The Balaban J connectivity index is 2.19. The highest BCUT2D eigenvalue weighted by Crippen LogP contribution is 2.15. The van der Waals surface area contributed by atoms with Crippen molar-refractivity contribution in [1.82, 2.24) is 0 Å². The number of nitrogens with one attached hydrogen (secondary N) is 1. The number of carboxylic acid groups (broad SMARTS) is 1. The van der Waals surface area contributed by atoms with E-state index >= 15 is 0 Å². The van der Waals surface area contributed by atoms with Crippen LogP contribution in [0.3, 0.4) is 0 Å². The van der Waals surface area contributed by atoms with E-state index in [1.807, 2.05) is 6.07 Å². The van der Waals surface area contributed by atoms with E-state index < -0.39 is 5.97 Å². The highest BCUT2D eigenvalue weighted by Gasteiger charge is 2.08. The van der Waals surface area contributed by atoms with Crippen molar-refractivity contribution in [2.24, 2.45) is 0 Å². The minimum absolute atomic E-state index is 0.132. The first kappa shape index (κ1) is 13.3. The highest BCUT2D eigenvalue weighted by molar-refractivity contribution is 9.10. The minimum atomic E-state index is -1.03. The summed E-state index contributed by atoms with van der Waals surface area (Å²) in [5.74, 6) is -1.32. The second-order valence-electron chi connectivity index (χ2n) is 3.85. The summed E-state index contributed by atoms with van der Waals surface area (Å²) < 4.78 is 0.805. The first-order valence-electron chi connectivity index (χ1n) is 5.46. The monoisotopic (exact) mass is 319 g/mol. The van der Waals surface area contributed by atoms with Crippen LogP contribution in [-0.4, -0.2) is 17.0 Å². The Kier molecular flexibility index (Phi) is 3.97. The van der Waals surface area contributed by atoms with E-state index in [0.717, 1.165) is 4.47 Å². The molecule has 96 valence electrons. The van der Waals surface area contributed by atoms with Gasteiger partial charge in [-0.25, -0.2) is 4.79 Å². The largest absolute Gasteiger partial charge is 0.478 e. The zero-order chi connectivity index (χ0) is 13.8. The smallest absolute Gasteiger partial charge is 0.335 e. The predicted octanol–water partition coefficient (Wildman–Crippen LogP) is 3.40. The maximum absolute atomic E-state index is 12.0. The van der Waals surface area contributed by atoms with Gasteiger partial charge >= 0.3 is 5.97 Å². The van der Waals surface area contributed by atoms with E-state index in [4.69, 9.17) is 5.11 Å². The Morgan fingerprint density at radius 2 is 1.68 bits per heavy atom. The highest BCUT2D eigenvalue weighted by atomic mass is 79.9. The van der Waals surface area contributed by atoms with Gasteiger partial charge in [-0.2, -0.15) is 0 Å². The van der Waals surface area contributed by atoms with E-state index in [9.17, 15) is 9.59 Å². The maximum atomic E-state index is 12.0. The molecule has 0 aliphatic rings. The molecule has 0 aliphatic heterocycles. The fraction of sp³-hybridized carbons (Fsp3) is 0. The van der Waals surface area contributed by atoms with Crippen molar-refractivity contribution in [2.75, 3.05) is 5.32 Å². The van der Waals surface area contributed by atoms with Crippen LogP contribution in [-0.2, 0) is 0 Å². The molecule has 1 amide bonds. The molecule has 0 fully saturated rings. The van der Waals surface area contributed by atoms with Gasteiger partial charge in [0.1, 0.15) is 0 Å². The Labute approximate surface area is 118 Å². The topological polar surface area (TPSA) is 66.4 Å². The second-order valence-corrected chi connectivity index (χ2v) is 4.77. The molecule has 0 aromatic heterocycles. The number of halogens is 1. The summed E-state index contributed by atoms with van der Waals surface area (Å²) in [4.78, 5) is 22.8.